The van der Waals surface area contributed by atoms with Crippen LogP contribution in [0.2, 0.25) is 0 Å². The van der Waals surface area contributed by atoms with Crippen LogP contribution in [0.3, 0.4) is 0 Å². The smallest absolute Gasteiger partial charge is 0.207 e. The summed E-state index contributed by atoms with van der Waals surface area (Å²) in [5, 5.41) is 0. The summed E-state index contributed by atoms with van der Waals surface area (Å²) >= 11 is 0. The highest BCUT2D eigenvalue weighted by atomic mass is 32.2. The van der Waals surface area contributed by atoms with Crippen molar-refractivity contribution >= 4 is 10.0 Å². The summed E-state index contributed by atoms with van der Waals surface area (Å²) in [7, 11) is -4.72. The van der Waals surface area contributed by atoms with Gasteiger partial charge in [0.2, 0.25) is 10.0 Å². The van der Waals surface area contributed by atoms with E-state index >= 15 is 0 Å². The monoisotopic (exact) mass is 343 g/mol. The fraction of sp³-hybridized carbons (Fsp3) is 0.250. The molecule has 1 N–H and O–H groups in total. The van der Waals surface area contributed by atoms with Gasteiger partial charge in [-0.15, -0.1) is 4.72 Å². The van der Waals surface area contributed by atoms with Gasteiger partial charge in [0.25, 0.3) is 0 Å². The summed E-state index contributed by atoms with van der Waals surface area (Å²) < 4.78 is 62.6. The van der Waals surface area contributed by atoms with Crippen molar-refractivity contribution < 1.29 is 21.6 Å². The van der Waals surface area contributed by atoms with Gasteiger partial charge in [-0.2, -0.15) is 13.2 Å². The number of hydrogen-bond donors (Lipinski definition) is 1. The van der Waals surface area contributed by atoms with Crippen molar-refractivity contribution in [1.29, 1.82) is 0 Å². The Morgan fingerprint density at radius 2 is 1.52 bits per heavy atom. The van der Waals surface area contributed by atoms with E-state index < -0.39 is 21.2 Å². The second-order valence-electron chi connectivity index (χ2n) is 5.37. The first-order valence-corrected chi connectivity index (χ1v) is 8.27. The molecule has 0 saturated heterocycles. The minimum atomic E-state index is -5.03. The van der Waals surface area contributed by atoms with Gasteiger partial charge in [-0.3, -0.25) is 0 Å². The van der Waals surface area contributed by atoms with Gasteiger partial charge in [0.05, 0.1) is 4.90 Å². The van der Waals surface area contributed by atoms with Gasteiger partial charge in [-0.1, -0.05) is 35.9 Å². The standard InChI is InChI=1S/C16H16F3NO2S/c1-10-7-8-14(23(21,22)20-16(17,18)19)13(9-10)15-11(2)5-4-6-12(15)3/h4-9,20H,1-3H3. The number of sulfonamides is 1. The molecule has 2 aromatic carbocycles. The molecule has 0 aliphatic heterocycles. The van der Waals surface area contributed by atoms with E-state index in [4.69, 9.17) is 0 Å². The van der Waals surface area contributed by atoms with Crippen LogP contribution in [0.15, 0.2) is 41.3 Å². The van der Waals surface area contributed by atoms with Crippen molar-refractivity contribution in [2.75, 3.05) is 0 Å². The van der Waals surface area contributed by atoms with E-state index in [1.54, 1.807) is 39.0 Å². The Kier molecular flexibility index (Phi) is 4.54. The van der Waals surface area contributed by atoms with Crippen LogP contribution in [0.5, 0.6) is 0 Å². The van der Waals surface area contributed by atoms with Crippen molar-refractivity contribution in [3.8, 4) is 11.1 Å². The molecule has 124 valence electrons. The molecule has 2 rings (SSSR count). The highest BCUT2D eigenvalue weighted by molar-refractivity contribution is 7.89. The lowest BCUT2D eigenvalue weighted by atomic mass is 9.95. The highest BCUT2D eigenvalue weighted by Crippen LogP contribution is 2.34. The molecular weight excluding hydrogens is 327 g/mol. The van der Waals surface area contributed by atoms with E-state index in [0.717, 1.165) is 21.4 Å². The Morgan fingerprint density at radius 3 is 2.04 bits per heavy atom. The molecule has 0 aliphatic rings. The average molecular weight is 343 g/mol. The normalized spacial score (nSPS) is 12.4. The van der Waals surface area contributed by atoms with Crippen molar-refractivity contribution in [1.82, 2.24) is 4.72 Å². The van der Waals surface area contributed by atoms with Crippen LogP contribution in [0.4, 0.5) is 13.2 Å². The molecule has 0 fully saturated rings. The minimum Gasteiger partial charge on any atom is -0.207 e. The molecule has 0 amide bonds. The largest absolute Gasteiger partial charge is 0.470 e. The summed E-state index contributed by atoms with van der Waals surface area (Å²) in [6.07, 6.45) is -5.03. The third-order valence-electron chi connectivity index (χ3n) is 3.43. The first-order chi connectivity index (χ1) is 10.5. The summed E-state index contributed by atoms with van der Waals surface area (Å²) in [6, 6.07) is 9.65. The lowest BCUT2D eigenvalue weighted by molar-refractivity contribution is -0.138. The Balaban J connectivity index is 2.74. The molecule has 7 heteroatoms. The van der Waals surface area contributed by atoms with Crippen LogP contribution < -0.4 is 4.72 Å². The van der Waals surface area contributed by atoms with E-state index in [0.29, 0.717) is 5.56 Å². The number of hydrogen-bond acceptors (Lipinski definition) is 2. The predicted octanol–water partition coefficient (Wildman–Crippen LogP) is 4.08. The van der Waals surface area contributed by atoms with Crippen molar-refractivity contribution in [3.63, 3.8) is 0 Å². The molecule has 23 heavy (non-hydrogen) atoms. The van der Waals surface area contributed by atoms with Gasteiger partial charge >= 0.3 is 6.30 Å². The Morgan fingerprint density at radius 1 is 0.957 bits per heavy atom. The number of nitrogens with one attached hydrogen (secondary N) is 1. The van der Waals surface area contributed by atoms with Gasteiger partial charge in [-0.25, -0.2) is 8.42 Å². The van der Waals surface area contributed by atoms with Crippen molar-refractivity contribution in [3.05, 3.63) is 53.1 Å². The van der Waals surface area contributed by atoms with Gasteiger partial charge in [-0.05, 0) is 43.5 Å². The zero-order valence-electron chi connectivity index (χ0n) is 12.8. The maximum atomic E-state index is 12.5. The maximum absolute atomic E-state index is 12.5. The highest BCUT2D eigenvalue weighted by Gasteiger charge is 2.36. The van der Waals surface area contributed by atoms with Gasteiger partial charge in [0.15, 0.2) is 0 Å². The number of aryl methyl sites for hydroxylation is 3. The van der Waals surface area contributed by atoms with E-state index in [9.17, 15) is 21.6 Å². The van der Waals surface area contributed by atoms with Crippen LogP contribution in [-0.4, -0.2) is 14.7 Å². The Bertz CT molecular complexity index is 823. The Hall–Kier alpha value is -1.86. The molecule has 0 unspecified atom stereocenters. The quantitative estimate of drug-likeness (QED) is 0.854. The molecule has 0 atom stereocenters. The zero-order chi connectivity index (χ0) is 17.4. The van der Waals surface area contributed by atoms with E-state index in [1.165, 1.54) is 12.1 Å². The molecule has 3 nitrogen and oxygen atoms in total. The molecule has 0 aromatic heterocycles. The fourth-order valence-corrected chi connectivity index (χ4v) is 3.63. The lowest BCUT2D eigenvalue weighted by Gasteiger charge is -2.17. The van der Waals surface area contributed by atoms with Crippen molar-refractivity contribution in [2.45, 2.75) is 32.0 Å². The molecule has 0 bridgehead atoms. The van der Waals surface area contributed by atoms with E-state index in [-0.39, 0.29) is 5.56 Å². The minimum absolute atomic E-state index is 0.261. The average Bonchev–Trinajstić information content (AvgIpc) is 2.35. The van der Waals surface area contributed by atoms with Crippen LogP contribution in [0.1, 0.15) is 16.7 Å². The molecule has 0 radical (unpaired) electrons. The van der Waals surface area contributed by atoms with Crippen LogP contribution in [-0.2, 0) is 10.0 Å². The first-order valence-electron chi connectivity index (χ1n) is 6.79. The molecule has 0 heterocycles. The second-order valence-corrected chi connectivity index (χ2v) is 7.02. The third kappa shape index (κ3) is 3.92. The number of rotatable bonds is 3. The topological polar surface area (TPSA) is 46.2 Å². The Labute approximate surface area is 133 Å². The van der Waals surface area contributed by atoms with Crippen LogP contribution in [0.25, 0.3) is 11.1 Å². The maximum Gasteiger partial charge on any atom is 0.470 e. The van der Waals surface area contributed by atoms with Gasteiger partial charge < -0.3 is 0 Å². The molecule has 0 saturated carbocycles. The lowest BCUT2D eigenvalue weighted by Crippen LogP contribution is -2.37. The summed E-state index contributed by atoms with van der Waals surface area (Å²) in [5.74, 6) is 0. The number of alkyl halides is 3. The summed E-state index contributed by atoms with van der Waals surface area (Å²) in [4.78, 5) is -0.391. The predicted molar refractivity (Wildman–Crippen MR) is 82.5 cm³/mol. The van der Waals surface area contributed by atoms with Crippen molar-refractivity contribution in [2.24, 2.45) is 0 Å². The summed E-state index contributed by atoms with van der Waals surface area (Å²) in [5.41, 5.74) is 3.22. The SMILES string of the molecule is Cc1ccc(S(=O)(=O)NC(F)(F)F)c(-c2c(C)cccc2C)c1. The third-order valence-corrected chi connectivity index (χ3v) is 4.86. The van der Waals surface area contributed by atoms with E-state index in [2.05, 4.69) is 0 Å². The van der Waals surface area contributed by atoms with Crippen LogP contribution >= 0.6 is 0 Å². The number of benzene rings is 2. The van der Waals surface area contributed by atoms with Crippen LogP contribution in [0, 0.1) is 20.8 Å². The summed E-state index contributed by atoms with van der Waals surface area (Å²) in [6.45, 7) is 5.33. The fourth-order valence-electron chi connectivity index (χ4n) is 2.52. The molecule has 2 aromatic rings. The molecule has 0 spiro atoms. The van der Waals surface area contributed by atoms with Gasteiger partial charge in [0.1, 0.15) is 0 Å². The van der Waals surface area contributed by atoms with Gasteiger partial charge in [0, 0.05) is 5.56 Å². The van der Waals surface area contributed by atoms with E-state index in [1.807, 2.05) is 6.07 Å². The molecular formula is C16H16F3NO2S. The zero-order valence-corrected chi connectivity index (χ0v) is 13.6. The molecule has 0 aliphatic carbocycles. The first kappa shape index (κ1) is 17.5. The second kappa shape index (κ2) is 5.98. The number of halogens is 3.